The van der Waals surface area contributed by atoms with Gasteiger partial charge in [-0.1, -0.05) is 28.9 Å². The van der Waals surface area contributed by atoms with Gasteiger partial charge in [0.1, 0.15) is 5.75 Å². The molecule has 0 spiro atoms. The van der Waals surface area contributed by atoms with Crippen molar-refractivity contribution in [3.8, 4) is 5.75 Å². The second-order valence-corrected chi connectivity index (χ2v) is 9.26. The molecule has 23 heavy (non-hydrogen) atoms. The minimum atomic E-state index is -0.119. The summed E-state index contributed by atoms with van der Waals surface area (Å²) in [6.45, 7) is 2.36. The lowest BCUT2D eigenvalue weighted by atomic mass is 9.53. The molecule has 0 aliphatic heterocycles. The van der Waals surface area contributed by atoms with Crippen molar-refractivity contribution in [2.75, 3.05) is 7.11 Å². The summed E-state index contributed by atoms with van der Waals surface area (Å²) in [6, 6.07) is 6.68. The Bertz CT molecular complexity index is 587. The minimum absolute atomic E-state index is 0.119. The maximum absolute atomic E-state index is 10.7. The fraction of sp³-hybridized carbons (Fsp3) is 0.700. The van der Waals surface area contributed by atoms with Crippen LogP contribution in [0.2, 0.25) is 0 Å². The summed E-state index contributed by atoms with van der Waals surface area (Å²) in [7, 11) is 1.75. The maximum atomic E-state index is 10.7. The number of alkyl halides is 1. The number of aryl methyl sites for hydroxylation is 1. The summed E-state index contributed by atoms with van der Waals surface area (Å²) >= 11 is 3.80. The molecule has 2 saturated carbocycles. The number of rotatable bonds is 1. The van der Waals surface area contributed by atoms with E-state index in [1.165, 1.54) is 24.8 Å². The number of aliphatic hydroxyl groups is 1. The lowest BCUT2D eigenvalue weighted by molar-refractivity contribution is -0.0534. The van der Waals surface area contributed by atoms with E-state index in [0.29, 0.717) is 28.5 Å². The van der Waals surface area contributed by atoms with Crippen molar-refractivity contribution in [3.63, 3.8) is 0 Å². The smallest absolute Gasteiger partial charge is 0.119 e. The highest BCUT2D eigenvalue weighted by Gasteiger charge is 2.50. The predicted octanol–water partition coefficient (Wildman–Crippen LogP) is 4.53. The van der Waals surface area contributed by atoms with Crippen LogP contribution in [0.1, 0.15) is 49.7 Å². The Morgan fingerprint density at radius 3 is 2.78 bits per heavy atom. The quantitative estimate of drug-likeness (QED) is 0.727. The van der Waals surface area contributed by atoms with Gasteiger partial charge in [-0.2, -0.15) is 0 Å². The number of aliphatic hydroxyl groups excluding tert-OH is 1. The topological polar surface area (TPSA) is 29.5 Å². The Kier molecular flexibility index (Phi) is 4.21. The lowest BCUT2D eigenvalue weighted by Crippen LogP contribution is -2.49. The number of fused-ring (bicyclic) bond motifs is 5. The van der Waals surface area contributed by atoms with Crippen LogP contribution in [0, 0.1) is 23.7 Å². The number of hydrogen-bond donors (Lipinski definition) is 1. The molecular weight excluding hydrogens is 352 g/mol. The molecule has 1 N–H and O–H groups in total. The largest absolute Gasteiger partial charge is 0.497 e. The van der Waals surface area contributed by atoms with Crippen molar-refractivity contribution in [1.82, 2.24) is 0 Å². The molecule has 0 saturated heterocycles. The zero-order chi connectivity index (χ0) is 16.1. The molecular formula is C20H27BrO2. The van der Waals surface area contributed by atoms with Crippen LogP contribution in [0.4, 0.5) is 0 Å². The molecule has 126 valence electrons. The van der Waals surface area contributed by atoms with Gasteiger partial charge in [-0.25, -0.2) is 0 Å². The van der Waals surface area contributed by atoms with Gasteiger partial charge in [0.2, 0.25) is 0 Å². The number of halogens is 1. The maximum Gasteiger partial charge on any atom is 0.119 e. The highest BCUT2D eigenvalue weighted by atomic mass is 79.9. The number of hydrogen-bond acceptors (Lipinski definition) is 2. The Morgan fingerprint density at radius 1 is 1.17 bits per heavy atom. The molecule has 0 radical (unpaired) electrons. The van der Waals surface area contributed by atoms with Crippen LogP contribution in [0.5, 0.6) is 5.75 Å². The van der Waals surface area contributed by atoms with Crippen LogP contribution < -0.4 is 4.74 Å². The molecule has 0 heterocycles. The first-order valence-electron chi connectivity index (χ1n) is 9.07. The zero-order valence-corrected chi connectivity index (χ0v) is 15.6. The van der Waals surface area contributed by atoms with Crippen LogP contribution in [-0.2, 0) is 6.42 Å². The van der Waals surface area contributed by atoms with Crippen molar-refractivity contribution >= 4 is 15.9 Å². The molecule has 3 aliphatic carbocycles. The van der Waals surface area contributed by atoms with Crippen LogP contribution in [0.15, 0.2) is 18.2 Å². The van der Waals surface area contributed by atoms with Crippen molar-refractivity contribution in [3.05, 3.63) is 29.3 Å². The molecule has 0 bridgehead atoms. The molecule has 2 fully saturated rings. The Labute approximate surface area is 147 Å². The van der Waals surface area contributed by atoms with E-state index in [0.717, 1.165) is 24.5 Å². The molecule has 1 aromatic carbocycles. The molecule has 0 aromatic heterocycles. The Hall–Kier alpha value is -0.540. The van der Waals surface area contributed by atoms with E-state index in [-0.39, 0.29) is 6.10 Å². The average Bonchev–Trinajstić information content (AvgIpc) is 2.53. The summed E-state index contributed by atoms with van der Waals surface area (Å²) in [5.41, 5.74) is 3.04. The molecule has 3 aliphatic rings. The van der Waals surface area contributed by atoms with Gasteiger partial charge in [0.25, 0.3) is 0 Å². The number of methoxy groups -OCH3 is 1. The third-order valence-electron chi connectivity index (χ3n) is 6.81. The van der Waals surface area contributed by atoms with Gasteiger partial charge >= 0.3 is 0 Å². The molecule has 2 nitrogen and oxygen atoms in total. The second-order valence-electron chi connectivity index (χ2n) is 7.96. The zero-order valence-electron chi connectivity index (χ0n) is 14.0. The molecule has 4 rings (SSSR count). The monoisotopic (exact) mass is 378 g/mol. The van der Waals surface area contributed by atoms with Gasteiger partial charge < -0.3 is 9.84 Å². The van der Waals surface area contributed by atoms with Crippen LogP contribution in [0.3, 0.4) is 0 Å². The van der Waals surface area contributed by atoms with Crippen molar-refractivity contribution in [2.45, 2.75) is 55.9 Å². The van der Waals surface area contributed by atoms with Crippen LogP contribution in [0.25, 0.3) is 0 Å². The standard InChI is InChI=1S/C20H27BrO2/c1-11-7-17-15-6-4-14(23-2)8-12(15)3-5-16(17)18-9-13(21)10-19(22)20(11)18/h4,6,8,11,13,16-20,22H,3,5,7,9-10H2,1-2H3/t11-,13+,16-,17-,18+,19+,20?/m1/s1. The van der Waals surface area contributed by atoms with E-state index >= 15 is 0 Å². The first-order valence-corrected chi connectivity index (χ1v) is 9.99. The SMILES string of the molecule is COc1ccc2c(c1)CC[C@@H]1[C@@H]2C[C@@H](C)C2[C@H]1C[C@H](Br)C[C@@H]2O. The van der Waals surface area contributed by atoms with E-state index in [9.17, 15) is 5.11 Å². The van der Waals surface area contributed by atoms with Gasteiger partial charge in [-0.3, -0.25) is 0 Å². The van der Waals surface area contributed by atoms with Gasteiger partial charge in [0.15, 0.2) is 0 Å². The summed E-state index contributed by atoms with van der Waals surface area (Å²) in [5, 5.41) is 10.7. The third kappa shape index (κ3) is 2.64. The summed E-state index contributed by atoms with van der Waals surface area (Å²) in [4.78, 5) is 0.488. The van der Waals surface area contributed by atoms with Gasteiger partial charge in [-0.05, 0) is 85.0 Å². The molecule has 1 unspecified atom stereocenters. The molecule has 3 heteroatoms. The average molecular weight is 379 g/mol. The first-order chi connectivity index (χ1) is 11.1. The van der Waals surface area contributed by atoms with Crippen LogP contribution in [-0.4, -0.2) is 23.1 Å². The minimum Gasteiger partial charge on any atom is -0.497 e. The van der Waals surface area contributed by atoms with E-state index in [2.05, 4.69) is 41.1 Å². The molecule has 1 aromatic rings. The summed E-state index contributed by atoms with van der Waals surface area (Å²) < 4.78 is 5.41. The molecule has 0 amide bonds. The van der Waals surface area contributed by atoms with E-state index in [1.54, 1.807) is 12.7 Å². The molecule has 7 atom stereocenters. The number of benzene rings is 1. The second kappa shape index (κ2) is 6.07. The Balaban J connectivity index is 1.68. The normalized spacial score (nSPS) is 42.3. The van der Waals surface area contributed by atoms with Crippen molar-refractivity contribution in [1.29, 1.82) is 0 Å². The highest BCUT2D eigenvalue weighted by molar-refractivity contribution is 9.09. The fourth-order valence-electron chi connectivity index (χ4n) is 5.93. The summed E-state index contributed by atoms with van der Waals surface area (Å²) in [5.74, 6) is 4.19. The highest BCUT2D eigenvalue weighted by Crippen LogP contribution is 2.56. The number of ether oxygens (including phenoxy) is 1. The van der Waals surface area contributed by atoms with Crippen molar-refractivity contribution < 1.29 is 9.84 Å². The van der Waals surface area contributed by atoms with Gasteiger partial charge in [-0.15, -0.1) is 0 Å². The fourth-order valence-corrected chi connectivity index (χ4v) is 6.74. The van der Waals surface area contributed by atoms with Gasteiger partial charge in [0.05, 0.1) is 13.2 Å². The van der Waals surface area contributed by atoms with Gasteiger partial charge in [0, 0.05) is 4.83 Å². The summed E-state index contributed by atoms with van der Waals surface area (Å²) in [6.07, 6.45) is 5.70. The predicted molar refractivity (Wildman–Crippen MR) is 96.3 cm³/mol. The van der Waals surface area contributed by atoms with Crippen LogP contribution >= 0.6 is 15.9 Å². The first kappa shape index (κ1) is 16.0. The van der Waals surface area contributed by atoms with Crippen molar-refractivity contribution in [2.24, 2.45) is 23.7 Å². The van der Waals surface area contributed by atoms with E-state index in [1.807, 2.05) is 0 Å². The Morgan fingerprint density at radius 2 is 2.00 bits per heavy atom. The lowest BCUT2D eigenvalue weighted by Gasteiger charge is -2.53. The third-order valence-corrected chi connectivity index (χ3v) is 7.56. The van der Waals surface area contributed by atoms with E-state index in [4.69, 9.17) is 4.74 Å². The van der Waals surface area contributed by atoms with E-state index < -0.39 is 0 Å².